The lowest BCUT2D eigenvalue weighted by Crippen LogP contribution is -2.15. The van der Waals surface area contributed by atoms with Crippen molar-refractivity contribution in [2.75, 3.05) is 0 Å². The summed E-state index contributed by atoms with van der Waals surface area (Å²) in [6, 6.07) is 63.5. The van der Waals surface area contributed by atoms with E-state index in [1.54, 1.807) is 0 Å². The fraction of sp³-hybridized carbons (Fsp3) is 0.138. The SMILES string of the molecule is C=C/C(=C\Cc1ccccc1)c1ccc(C)cc1.Cc1ccc2c(c1)C(C)(C)c1cc(-c3cccc4c3Cc3ccccc3-4)ccc1-2.Cc1cccc2ccccc12. The maximum absolute atomic E-state index is 3.90. The lowest BCUT2D eigenvalue weighted by atomic mass is 9.81. The molecule has 8 aromatic rings. The van der Waals surface area contributed by atoms with Gasteiger partial charge in [0.05, 0.1) is 0 Å². The van der Waals surface area contributed by atoms with Crippen molar-refractivity contribution in [1.29, 1.82) is 0 Å². The molecule has 0 heterocycles. The molecule has 0 amide bonds. The third-order valence-corrected chi connectivity index (χ3v) is 12.0. The molecule has 0 nitrogen and oxygen atoms in total. The van der Waals surface area contributed by atoms with E-state index < -0.39 is 0 Å². The van der Waals surface area contributed by atoms with E-state index in [1.165, 1.54) is 99.8 Å². The topological polar surface area (TPSA) is 0 Å². The molecule has 0 unspecified atom stereocenters. The van der Waals surface area contributed by atoms with Gasteiger partial charge in [-0.2, -0.15) is 0 Å². The van der Waals surface area contributed by atoms with E-state index in [9.17, 15) is 0 Å². The Morgan fingerprint density at radius 3 is 1.95 bits per heavy atom. The highest BCUT2D eigenvalue weighted by atomic mass is 14.4. The zero-order valence-electron chi connectivity index (χ0n) is 34.5. The molecule has 284 valence electrons. The summed E-state index contributed by atoms with van der Waals surface area (Å²) in [5.74, 6) is 0. The molecule has 0 atom stereocenters. The maximum Gasteiger partial charge on any atom is 0.0159 e. The number of allylic oxidation sites excluding steroid dienone is 3. The number of fused-ring (bicyclic) bond motifs is 7. The van der Waals surface area contributed by atoms with Crippen LogP contribution in [0.15, 0.2) is 195 Å². The Labute approximate surface area is 345 Å². The zero-order chi connectivity index (χ0) is 40.2. The van der Waals surface area contributed by atoms with Gasteiger partial charge < -0.3 is 0 Å². The van der Waals surface area contributed by atoms with Gasteiger partial charge in [-0.05, 0) is 128 Å². The van der Waals surface area contributed by atoms with Gasteiger partial charge in [0.25, 0.3) is 0 Å². The van der Waals surface area contributed by atoms with Crippen LogP contribution in [-0.4, -0.2) is 0 Å². The number of aryl methyl sites for hydroxylation is 3. The van der Waals surface area contributed by atoms with Crippen LogP contribution in [-0.2, 0) is 18.3 Å². The monoisotopic (exact) mass is 748 g/mol. The molecular formula is C58H52. The molecular weight excluding hydrogens is 697 g/mol. The van der Waals surface area contributed by atoms with Gasteiger partial charge in [0.15, 0.2) is 0 Å². The second-order valence-electron chi connectivity index (χ2n) is 16.3. The number of hydrogen-bond acceptors (Lipinski definition) is 0. The first-order chi connectivity index (χ1) is 28.2. The van der Waals surface area contributed by atoms with Crippen molar-refractivity contribution in [2.45, 2.75) is 52.9 Å². The summed E-state index contributed by atoms with van der Waals surface area (Å²) in [5.41, 5.74) is 21.9. The van der Waals surface area contributed by atoms with Gasteiger partial charge in [-0.1, -0.05) is 214 Å². The van der Waals surface area contributed by atoms with Crippen molar-refractivity contribution in [2.24, 2.45) is 0 Å². The van der Waals surface area contributed by atoms with Gasteiger partial charge in [0, 0.05) is 5.41 Å². The Morgan fingerprint density at radius 2 is 1.17 bits per heavy atom. The molecule has 2 aliphatic carbocycles. The van der Waals surface area contributed by atoms with Gasteiger partial charge in [0.2, 0.25) is 0 Å². The van der Waals surface area contributed by atoms with Crippen molar-refractivity contribution >= 4 is 16.3 Å². The molecule has 0 fully saturated rings. The van der Waals surface area contributed by atoms with Crippen LogP contribution in [0.25, 0.3) is 49.7 Å². The van der Waals surface area contributed by atoms with Crippen LogP contribution >= 0.6 is 0 Å². The van der Waals surface area contributed by atoms with Crippen LogP contribution < -0.4 is 0 Å². The average molecular weight is 749 g/mol. The van der Waals surface area contributed by atoms with E-state index in [0.29, 0.717) is 0 Å². The fourth-order valence-electron chi connectivity index (χ4n) is 8.74. The van der Waals surface area contributed by atoms with E-state index in [-0.39, 0.29) is 5.41 Å². The Balaban J connectivity index is 0.000000137. The summed E-state index contributed by atoms with van der Waals surface area (Å²) in [5, 5.41) is 2.68. The normalized spacial score (nSPS) is 12.9. The minimum absolute atomic E-state index is 0.0353. The van der Waals surface area contributed by atoms with E-state index in [4.69, 9.17) is 0 Å². The molecule has 0 spiro atoms. The molecule has 0 saturated carbocycles. The van der Waals surface area contributed by atoms with Crippen LogP contribution in [0, 0.1) is 20.8 Å². The summed E-state index contributed by atoms with van der Waals surface area (Å²) < 4.78 is 0. The molecule has 10 rings (SSSR count). The molecule has 8 aromatic carbocycles. The quantitative estimate of drug-likeness (QED) is 0.154. The van der Waals surface area contributed by atoms with Crippen molar-refractivity contribution in [3.8, 4) is 33.4 Å². The van der Waals surface area contributed by atoms with Gasteiger partial charge in [-0.15, -0.1) is 0 Å². The minimum atomic E-state index is 0.0353. The first-order valence-electron chi connectivity index (χ1n) is 20.6. The third-order valence-electron chi connectivity index (χ3n) is 12.0. The second-order valence-corrected chi connectivity index (χ2v) is 16.3. The highest BCUT2D eigenvalue weighted by Crippen LogP contribution is 2.50. The average Bonchev–Trinajstić information content (AvgIpc) is 3.74. The molecule has 0 aliphatic heterocycles. The lowest BCUT2D eigenvalue weighted by Gasteiger charge is -2.22. The van der Waals surface area contributed by atoms with Gasteiger partial charge in [-0.3, -0.25) is 0 Å². The predicted octanol–water partition coefficient (Wildman–Crippen LogP) is 15.5. The summed E-state index contributed by atoms with van der Waals surface area (Å²) >= 11 is 0. The Morgan fingerprint density at radius 1 is 0.552 bits per heavy atom. The van der Waals surface area contributed by atoms with Crippen LogP contribution in [0.5, 0.6) is 0 Å². The van der Waals surface area contributed by atoms with E-state index in [2.05, 4.69) is 217 Å². The van der Waals surface area contributed by atoms with Gasteiger partial charge in [-0.25, -0.2) is 0 Å². The van der Waals surface area contributed by atoms with Crippen LogP contribution in [0.2, 0.25) is 0 Å². The second kappa shape index (κ2) is 16.5. The smallest absolute Gasteiger partial charge is 0.0159 e. The molecule has 0 heteroatoms. The van der Waals surface area contributed by atoms with Gasteiger partial charge >= 0.3 is 0 Å². The van der Waals surface area contributed by atoms with Crippen molar-refractivity contribution in [3.05, 3.63) is 245 Å². The number of rotatable bonds is 5. The van der Waals surface area contributed by atoms with Crippen molar-refractivity contribution in [1.82, 2.24) is 0 Å². The standard InChI is InChI=1S/C29H24.C18H18.C11H10/c1-18-11-13-24-25-14-12-20(17-28(25)29(2,3)27(24)15-18)22-9-6-10-23-21-8-5-4-7-19(21)16-26(22)23;1-3-17(18-12-9-15(2)10-13-18)14-11-16-7-5-4-6-8-16;1-9-5-4-7-10-6-2-3-8-11(9)10/h4-15,17H,16H2,1-3H3;3-10,12-14H,1,11H2,2H3;2-8H,1H3/b;17-14+;. The summed E-state index contributed by atoms with van der Waals surface area (Å²) in [6.45, 7) is 15.1. The molecule has 0 saturated heterocycles. The Bertz CT molecular complexity index is 2770. The molecule has 58 heavy (non-hydrogen) atoms. The largest absolute Gasteiger partial charge is 0.0985 e. The summed E-state index contributed by atoms with van der Waals surface area (Å²) in [7, 11) is 0. The molecule has 0 bridgehead atoms. The lowest BCUT2D eigenvalue weighted by molar-refractivity contribution is 0.660. The third kappa shape index (κ3) is 7.76. The number of hydrogen-bond donors (Lipinski definition) is 0. The fourth-order valence-corrected chi connectivity index (χ4v) is 8.74. The molecule has 0 radical (unpaired) electrons. The first-order valence-corrected chi connectivity index (χ1v) is 20.6. The summed E-state index contributed by atoms with van der Waals surface area (Å²) in [4.78, 5) is 0. The van der Waals surface area contributed by atoms with E-state index >= 15 is 0 Å². The van der Waals surface area contributed by atoms with Crippen LogP contribution in [0.4, 0.5) is 0 Å². The van der Waals surface area contributed by atoms with Crippen molar-refractivity contribution in [3.63, 3.8) is 0 Å². The van der Waals surface area contributed by atoms with E-state index in [0.717, 1.165) is 12.8 Å². The highest BCUT2D eigenvalue weighted by molar-refractivity contribution is 5.88. The molecule has 2 aliphatic rings. The van der Waals surface area contributed by atoms with Crippen LogP contribution in [0.1, 0.15) is 63.9 Å². The Hall–Kier alpha value is -6.50. The highest BCUT2D eigenvalue weighted by Gasteiger charge is 2.35. The number of benzene rings is 8. The predicted molar refractivity (Wildman–Crippen MR) is 251 cm³/mol. The van der Waals surface area contributed by atoms with Gasteiger partial charge in [0.1, 0.15) is 0 Å². The maximum atomic E-state index is 3.90. The Kier molecular flexibility index (Phi) is 10.9. The van der Waals surface area contributed by atoms with Crippen LogP contribution in [0.3, 0.4) is 0 Å². The summed E-state index contributed by atoms with van der Waals surface area (Å²) in [6.07, 6.45) is 6.12. The molecule has 0 aromatic heterocycles. The minimum Gasteiger partial charge on any atom is -0.0985 e. The zero-order valence-corrected chi connectivity index (χ0v) is 34.5. The van der Waals surface area contributed by atoms with E-state index in [1.807, 2.05) is 12.1 Å². The van der Waals surface area contributed by atoms with Crippen molar-refractivity contribution < 1.29 is 0 Å². The first kappa shape index (κ1) is 38.4. The molecule has 0 N–H and O–H groups in total.